The largest absolute Gasteiger partial charge is 0.492 e. The highest BCUT2D eigenvalue weighted by atomic mass is 19.1. The fourth-order valence-electron chi connectivity index (χ4n) is 6.18. The second kappa shape index (κ2) is 13.5. The zero-order valence-corrected chi connectivity index (χ0v) is 26.6. The molecule has 7 rings (SSSR count). The molecule has 2 aliphatic heterocycles. The van der Waals surface area contributed by atoms with Gasteiger partial charge >= 0.3 is 0 Å². The Balaban J connectivity index is 0.952. The predicted octanol–water partition coefficient (Wildman–Crippen LogP) is 5.37. The van der Waals surface area contributed by atoms with Crippen molar-refractivity contribution in [3.8, 4) is 17.2 Å². The number of pyridine rings is 1. The van der Waals surface area contributed by atoms with E-state index < -0.39 is 28.9 Å². The normalized spacial score (nSPS) is 17.8. The number of ether oxygens (including phenoxy) is 3. The van der Waals surface area contributed by atoms with Crippen molar-refractivity contribution in [1.82, 2.24) is 14.8 Å². The number of aryl methyl sites for hydroxylation is 1. The Morgan fingerprint density at radius 1 is 0.917 bits per heavy atom. The maximum absolute atomic E-state index is 15.3. The maximum Gasteiger partial charge on any atom is 0.240 e. The molecule has 0 spiro atoms. The van der Waals surface area contributed by atoms with E-state index in [0.717, 1.165) is 63.3 Å². The number of rotatable bonds is 11. The zero-order valence-electron chi connectivity index (χ0n) is 26.6. The average molecular weight is 658 g/mol. The lowest BCUT2D eigenvalue weighted by Gasteiger charge is -2.46. The van der Waals surface area contributed by atoms with Crippen LogP contribution in [-0.2, 0) is 14.3 Å². The van der Waals surface area contributed by atoms with E-state index in [1.54, 1.807) is 12.3 Å². The number of morpholine rings is 1. The second-order valence-corrected chi connectivity index (χ2v) is 12.6. The van der Waals surface area contributed by atoms with Crippen LogP contribution < -0.4 is 20.1 Å². The molecule has 12 heteroatoms. The van der Waals surface area contributed by atoms with Gasteiger partial charge < -0.3 is 24.8 Å². The minimum absolute atomic E-state index is 0.0291. The van der Waals surface area contributed by atoms with Gasteiger partial charge in [-0.15, -0.1) is 0 Å². The highest BCUT2D eigenvalue weighted by Gasteiger charge is 2.56. The van der Waals surface area contributed by atoms with Crippen molar-refractivity contribution in [1.29, 1.82) is 0 Å². The van der Waals surface area contributed by atoms with E-state index in [2.05, 4.69) is 25.4 Å². The van der Waals surface area contributed by atoms with E-state index in [9.17, 15) is 14.0 Å². The third kappa shape index (κ3) is 6.82. The van der Waals surface area contributed by atoms with E-state index >= 15 is 4.39 Å². The molecule has 0 radical (unpaired) electrons. The Bertz CT molecular complexity index is 1820. The number of hydrogen-bond donors (Lipinski definition) is 2. The number of hydrogen-bond acceptors (Lipinski definition) is 8. The number of nitrogens with one attached hydrogen (secondary N) is 2. The first kappa shape index (κ1) is 31.9. The van der Waals surface area contributed by atoms with Gasteiger partial charge in [0.1, 0.15) is 29.3 Å². The van der Waals surface area contributed by atoms with E-state index in [0.29, 0.717) is 47.8 Å². The first-order chi connectivity index (χ1) is 23.3. The fraction of sp³-hybridized carbons (Fsp3) is 0.361. The summed E-state index contributed by atoms with van der Waals surface area (Å²) >= 11 is 0. The number of fused-ring (bicyclic) bond motifs is 1. The van der Waals surface area contributed by atoms with Crippen LogP contribution in [0.5, 0.6) is 17.2 Å². The van der Waals surface area contributed by atoms with Gasteiger partial charge in [0, 0.05) is 73.9 Å². The third-order valence-corrected chi connectivity index (χ3v) is 9.29. The number of carbonyl (C=O) groups excluding carboxylic acids is 2. The van der Waals surface area contributed by atoms with Crippen molar-refractivity contribution in [2.75, 3.05) is 63.2 Å². The molecule has 48 heavy (non-hydrogen) atoms. The Morgan fingerprint density at radius 2 is 1.62 bits per heavy atom. The molecule has 1 aliphatic carbocycles. The summed E-state index contributed by atoms with van der Waals surface area (Å²) in [5.41, 5.74) is 0.874. The molecule has 4 aromatic rings. The van der Waals surface area contributed by atoms with Crippen molar-refractivity contribution in [2.45, 2.75) is 25.8 Å². The molecule has 1 aromatic heterocycles. The molecular formula is C36H37F2N5O5. The summed E-state index contributed by atoms with van der Waals surface area (Å²) < 4.78 is 46.1. The smallest absolute Gasteiger partial charge is 0.240 e. The molecule has 250 valence electrons. The summed E-state index contributed by atoms with van der Waals surface area (Å²) in [5.74, 6) is -1.01. The van der Waals surface area contributed by atoms with Gasteiger partial charge in [0.25, 0.3) is 0 Å². The van der Waals surface area contributed by atoms with Crippen LogP contribution in [-0.4, -0.2) is 85.2 Å². The highest BCUT2D eigenvalue weighted by Crippen LogP contribution is 2.47. The molecule has 0 bridgehead atoms. The van der Waals surface area contributed by atoms with Gasteiger partial charge in [-0.25, -0.2) is 8.78 Å². The first-order valence-electron chi connectivity index (χ1n) is 16.2. The number of amides is 2. The quantitative estimate of drug-likeness (QED) is 0.208. The summed E-state index contributed by atoms with van der Waals surface area (Å²) in [4.78, 5) is 35.3. The van der Waals surface area contributed by atoms with Crippen molar-refractivity contribution >= 4 is 34.1 Å². The summed E-state index contributed by atoms with van der Waals surface area (Å²) in [5, 5.41) is 6.02. The summed E-state index contributed by atoms with van der Waals surface area (Å²) in [6.45, 7) is 9.08. The predicted molar refractivity (Wildman–Crippen MR) is 176 cm³/mol. The molecule has 2 N–H and O–H groups in total. The Hall–Kier alpha value is -4.65. The van der Waals surface area contributed by atoms with E-state index in [1.807, 2.05) is 19.1 Å². The van der Waals surface area contributed by atoms with Crippen LogP contribution in [0.15, 0.2) is 66.9 Å². The van der Waals surface area contributed by atoms with Crippen LogP contribution in [0.25, 0.3) is 10.9 Å². The number of aromatic nitrogens is 1. The summed E-state index contributed by atoms with van der Waals surface area (Å²) in [6, 6.07) is 15.5. The molecule has 2 saturated heterocycles. The second-order valence-electron chi connectivity index (χ2n) is 12.6. The van der Waals surface area contributed by atoms with Crippen LogP contribution in [0.2, 0.25) is 0 Å². The van der Waals surface area contributed by atoms with E-state index in [1.165, 1.54) is 36.4 Å². The number of anilines is 2. The van der Waals surface area contributed by atoms with Crippen LogP contribution in [0, 0.1) is 24.0 Å². The topological polar surface area (TPSA) is 105 Å². The fourth-order valence-corrected chi connectivity index (χ4v) is 6.18. The zero-order chi connectivity index (χ0) is 33.3. The lowest BCUT2D eigenvalue weighted by Crippen LogP contribution is -2.61. The van der Waals surface area contributed by atoms with Crippen LogP contribution in [0.1, 0.15) is 18.4 Å². The average Bonchev–Trinajstić information content (AvgIpc) is 3.88. The van der Waals surface area contributed by atoms with Gasteiger partial charge in [-0.05, 0) is 73.9 Å². The molecule has 1 saturated carbocycles. The molecule has 3 fully saturated rings. The number of benzene rings is 3. The molecule has 0 unspecified atom stereocenters. The van der Waals surface area contributed by atoms with Crippen molar-refractivity contribution in [2.24, 2.45) is 5.41 Å². The molecule has 3 heterocycles. The molecular weight excluding hydrogens is 620 g/mol. The number of likely N-dealkylation sites (tertiary alicyclic amines) is 1. The molecule has 3 aromatic carbocycles. The molecule has 10 nitrogen and oxygen atoms in total. The summed E-state index contributed by atoms with van der Waals surface area (Å²) in [6.07, 6.45) is 2.30. The monoisotopic (exact) mass is 657 g/mol. The molecule has 0 atom stereocenters. The van der Waals surface area contributed by atoms with Gasteiger partial charge in [-0.1, -0.05) is 0 Å². The molecule has 2 amide bonds. The Kier molecular flexibility index (Phi) is 8.95. The van der Waals surface area contributed by atoms with Gasteiger partial charge in [0.05, 0.1) is 18.7 Å². The Labute approximate surface area is 277 Å². The third-order valence-electron chi connectivity index (χ3n) is 9.29. The van der Waals surface area contributed by atoms with E-state index in [4.69, 9.17) is 14.2 Å². The summed E-state index contributed by atoms with van der Waals surface area (Å²) in [7, 11) is 0. The first-order valence-corrected chi connectivity index (χ1v) is 16.2. The van der Waals surface area contributed by atoms with Crippen molar-refractivity contribution < 1.29 is 32.6 Å². The van der Waals surface area contributed by atoms with Gasteiger partial charge in [0.2, 0.25) is 11.8 Å². The maximum atomic E-state index is 15.3. The number of halogens is 2. The van der Waals surface area contributed by atoms with Crippen LogP contribution in [0.3, 0.4) is 0 Å². The SMILES string of the molecule is Cc1cc2c(Oc3ccc(NC(=O)C4(C(=O)Nc5ccc(F)cc5)CC4)cc3F)ccnc2cc1OCCN1CC(N2CCOCC2)C1. The van der Waals surface area contributed by atoms with Gasteiger partial charge in [-0.2, -0.15) is 0 Å². The highest BCUT2D eigenvalue weighted by molar-refractivity contribution is 6.16. The van der Waals surface area contributed by atoms with Crippen LogP contribution >= 0.6 is 0 Å². The van der Waals surface area contributed by atoms with Crippen molar-refractivity contribution in [3.05, 3.63) is 84.1 Å². The Morgan fingerprint density at radius 3 is 2.33 bits per heavy atom. The lowest BCUT2D eigenvalue weighted by atomic mass is 10.0. The lowest BCUT2D eigenvalue weighted by molar-refractivity contribution is -0.131. The van der Waals surface area contributed by atoms with Crippen molar-refractivity contribution in [3.63, 3.8) is 0 Å². The standard InChI is InChI=1S/C36H37F2N5O5/c1-23-18-28-30(20-33(23)47-17-12-42-21-27(22-42)43-13-15-46-16-14-43)39-11-8-31(28)48-32-7-6-26(19-29(32)38)41-35(45)36(9-10-36)34(44)40-25-4-2-24(37)3-5-25/h2-8,11,18-20,27H,9-10,12-17,21-22H2,1H3,(H,40,44)(H,41,45). The van der Waals surface area contributed by atoms with Gasteiger partial charge in [0.15, 0.2) is 11.6 Å². The molecule has 3 aliphatic rings. The minimum Gasteiger partial charge on any atom is -0.492 e. The number of nitrogens with zero attached hydrogens (tertiary/aromatic N) is 3. The van der Waals surface area contributed by atoms with Gasteiger partial charge in [-0.3, -0.25) is 24.4 Å². The number of carbonyl (C=O) groups is 2. The minimum atomic E-state index is -1.27. The van der Waals surface area contributed by atoms with E-state index in [-0.39, 0.29) is 11.4 Å². The van der Waals surface area contributed by atoms with Crippen LogP contribution in [0.4, 0.5) is 20.2 Å².